The van der Waals surface area contributed by atoms with E-state index < -0.39 is 12.0 Å². The number of thiocarbonyl (C=S) groups is 1. The summed E-state index contributed by atoms with van der Waals surface area (Å²) < 4.78 is 11.2. The molecular formula is C23H23NO4S2. The molecule has 1 aliphatic rings. The predicted molar refractivity (Wildman–Crippen MR) is 123 cm³/mol. The first-order valence-electron chi connectivity index (χ1n) is 9.61. The van der Waals surface area contributed by atoms with Crippen LogP contribution in [0, 0.1) is 6.92 Å². The lowest BCUT2D eigenvalue weighted by atomic mass is 10.1. The molecule has 0 saturated carbocycles. The van der Waals surface area contributed by atoms with Gasteiger partial charge >= 0.3 is 5.97 Å². The Labute approximate surface area is 186 Å². The second-order valence-electron chi connectivity index (χ2n) is 6.82. The van der Waals surface area contributed by atoms with Gasteiger partial charge in [-0.1, -0.05) is 65.9 Å². The highest BCUT2D eigenvalue weighted by Crippen LogP contribution is 2.34. The molecule has 0 aliphatic carbocycles. The average Bonchev–Trinajstić information content (AvgIpc) is 3.01. The molecule has 0 bridgehead atoms. The van der Waals surface area contributed by atoms with Gasteiger partial charge in [-0.15, -0.1) is 0 Å². The van der Waals surface area contributed by atoms with Gasteiger partial charge in [0.2, 0.25) is 0 Å². The molecule has 7 heteroatoms. The zero-order valence-electron chi connectivity index (χ0n) is 17.1. The lowest BCUT2D eigenvalue weighted by Gasteiger charge is -2.21. The van der Waals surface area contributed by atoms with Crippen LogP contribution in [-0.2, 0) is 20.9 Å². The molecule has 5 nitrogen and oxygen atoms in total. The molecule has 1 unspecified atom stereocenters. The van der Waals surface area contributed by atoms with Crippen LogP contribution in [-0.4, -0.2) is 33.7 Å². The van der Waals surface area contributed by atoms with Crippen LogP contribution >= 0.6 is 24.0 Å². The van der Waals surface area contributed by atoms with Crippen molar-refractivity contribution >= 4 is 46.3 Å². The van der Waals surface area contributed by atoms with E-state index >= 15 is 0 Å². The van der Waals surface area contributed by atoms with Crippen molar-refractivity contribution in [1.29, 1.82) is 0 Å². The van der Waals surface area contributed by atoms with Crippen molar-refractivity contribution < 1.29 is 19.1 Å². The number of ether oxygens (including phenoxy) is 2. The maximum absolute atomic E-state index is 12.7. The van der Waals surface area contributed by atoms with Crippen LogP contribution in [0.25, 0.3) is 6.08 Å². The molecule has 156 valence electrons. The van der Waals surface area contributed by atoms with E-state index in [2.05, 4.69) is 19.1 Å². The molecule has 2 aromatic carbocycles. The number of amides is 1. The Kier molecular flexibility index (Phi) is 7.29. The van der Waals surface area contributed by atoms with Gasteiger partial charge in [-0.2, -0.15) is 0 Å². The Bertz CT molecular complexity index is 968. The van der Waals surface area contributed by atoms with Gasteiger partial charge in [-0.3, -0.25) is 9.69 Å². The molecule has 3 rings (SSSR count). The smallest absolute Gasteiger partial charge is 0.329 e. The maximum atomic E-state index is 12.7. The molecule has 1 heterocycles. The number of hydrogen-bond acceptors (Lipinski definition) is 6. The van der Waals surface area contributed by atoms with Gasteiger partial charge in [0.25, 0.3) is 5.91 Å². The number of rotatable bonds is 7. The Morgan fingerprint density at radius 3 is 2.47 bits per heavy atom. The van der Waals surface area contributed by atoms with Gasteiger partial charge < -0.3 is 9.47 Å². The molecule has 0 N–H and O–H groups in total. The zero-order valence-corrected chi connectivity index (χ0v) is 18.7. The van der Waals surface area contributed by atoms with Crippen LogP contribution in [0.15, 0.2) is 53.4 Å². The van der Waals surface area contributed by atoms with Crippen LogP contribution in [0.4, 0.5) is 0 Å². The molecule has 1 atom stereocenters. The molecule has 0 radical (unpaired) electrons. The van der Waals surface area contributed by atoms with Gasteiger partial charge in [0, 0.05) is 0 Å². The maximum Gasteiger partial charge on any atom is 0.329 e. The van der Waals surface area contributed by atoms with E-state index in [-0.39, 0.29) is 12.5 Å². The second kappa shape index (κ2) is 9.91. The molecule has 2 aromatic rings. The lowest BCUT2D eigenvalue weighted by molar-refractivity contribution is -0.149. The van der Waals surface area contributed by atoms with Gasteiger partial charge in [0.1, 0.15) is 22.7 Å². The third-order valence-corrected chi connectivity index (χ3v) is 5.87. The fourth-order valence-corrected chi connectivity index (χ4v) is 4.26. The van der Waals surface area contributed by atoms with Crippen molar-refractivity contribution in [2.24, 2.45) is 0 Å². The van der Waals surface area contributed by atoms with Crippen LogP contribution in [0.1, 0.15) is 30.5 Å². The number of benzene rings is 2. The number of nitrogens with zero attached hydrogens (tertiary/aromatic N) is 1. The average molecular weight is 442 g/mol. The van der Waals surface area contributed by atoms with E-state index in [9.17, 15) is 9.59 Å². The molecule has 1 aliphatic heterocycles. The Hall–Kier alpha value is -2.64. The summed E-state index contributed by atoms with van der Waals surface area (Å²) in [4.78, 5) is 26.5. The van der Waals surface area contributed by atoms with Crippen molar-refractivity contribution in [3.8, 4) is 5.75 Å². The van der Waals surface area contributed by atoms with Crippen molar-refractivity contribution in [2.45, 2.75) is 33.4 Å². The minimum Gasteiger partial charge on any atom is -0.489 e. The van der Waals surface area contributed by atoms with Crippen LogP contribution in [0.2, 0.25) is 0 Å². The van der Waals surface area contributed by atoms with Crippen molar-refractivity contribution in [3.05, 3.63) is 70.1 Å². The number of carbonyl (C=O) groups excluding carboxylic acids is 2. The largest absolute Gasteiger partial charge is 0.489 e. The third kappa shape index (κ3) is 5.29. The van der Waals surface area contributed by atoms with Crippen LogP contribution in [0.5, 0.6) is 5.75 Å². The minimum atomic E-state index is -0.749. The van der Waals surface area contributed by atoms with E-state index in [0.29, 0.717) is 15.8 Å². The number of esters is 1. The first-order chi connectivity index (χ1) is 14.4. The minimum absolute atomic E-state index is 0.256. The van der Waals surface area contributed by atoms with Gasteiger partial charge in [-0.05, 0) is 50.1 Å². The van der Waals surface area contributed by atoms with Gasteiger partial charge in [0.15, 0.2) is 0 Å². The Balaban J connectivity index is 1.65. The van der Waals surface area contributed by atoms with E-state index in [1.54, 1.807) is 19.9 Å². The van der Waals surface area contributed by atoms with E-state index in [1.165, 1.54) is 22.2 Å². The van der Waals surface area contributed by atoms with Crippen molar-refractivity contribution in [1.82, 2.24) is 4.90 Å². The fourth-order valence-electron chi connectivity index (χ4n) is 2.84. The van der Waals surface area contributed by atoms with E-state index in [1.807, 2.05) is 36.4 Å². The second-order valence-corrected chi connectivity index (χ2v) is 8.50. The van der Waals surface area contributed by atoms with Crippen LogP contribution in [0.3, 0.4) is 0 Å². The van der Waals surface area contributed by atoms with E-state index in [4.69, 9.17) is 21.7 Å². The summed E-state index contributed by atoms with van der Waals surface area (Å²) in [6.45, 7) is 6.14. The number of thioether (sulfide) groups is 1. The zero-order chi connectivity index (χ0) is 21.7. The summed E-state index contributed by atoms with van der Waals surface area (Å²) in [5.74, 6) is -0.00779. The summed E-state index contributed by atoms with van der Waals surface area (Å²) in [6.07, 6.45) is 1.76. The monoisotopic (exact) mass is 441 g/mol. The fraction of sp³-hybridized carbons (Fsp3) is 0.261. The highest BCUT2D eigenvalue weighted by Gasteiger charge is 2.38. The number of hydrogen-bond donors (Lipinski definition) is 0. The van der Waals surface area contributed by atoms with Crippen molar-refractivity contribution in [3.63, 3.8) is 0 Å². The molecule has 0 spiro atoms. The molecule has 1 saturated heterocycles. The summed E-state index contributed by atoms with van der Waals surface area (Å²) >= 11 is 6.48. The quantitative estimate of drug-likeness (QED) is 0.352. The first-order valence-corrected chi connectivity index (χ1v) is 10.8. The predicted octanol–water partition coefficient (Wildman–Crippen LogP) is 4.73. The molecule has 1 fully saturated rings. The summed E-state index contributed by atoms with van der Waals surface area (Å²) in [5.41, 5.74) is 3.16. The standard InChI is InChI=1S/C23H23NO4S2/c1-4-27-22(26)16(3)24-21(25)20(30-23(24)29)13-17-9-11-19(12-10-17)28-14-18-7-5-15(2)6-8-18/h5-13,16H,4,14H2,1-3H3/b20-13-. The molecule has 1 amide bonds. The number of carbonyl (C=O) groups is 2. The van der Waals surface area contributed by atoms with Gasteiger partial charge in [0.05, 0.1) is 11.5 Å². The third-order valence-electron chi connectivity index (χ3n) is 4.54. The first kappa shape index (κ1) is 22.1. The van der Waals surface area contributed by atoms with Gasteiger partial charge in [-0.25, -0.2) is 4.79 Å². The Morgan fingerprint density at radius 1 is 1.17 bits per heavy atom. The van der Waals surface area contributed by atoms with Crippen LogP contribution < -0.4 is 4.74 Å². The topological polar surface area (TPSA) is 55.8 Å². The van der Waals surface area contributed by atoms with E-state index in [0.717, 1.165) is 16.9 Å². The highest BCUT2D eigenvalue weighted by atomic mass is 32.2. The van der Waals surface area contributed by atoms with Crippen molar-refractivity contribution in [2.75, 3.05) is 6.61 Å². The summed E-state index contributed by atoms with van der Waals surface area (Å²) in [7, 11) is 0. The highest BCUT2D eigenvalue weighted by molar-refractivity contribution is 8.26. The molecule has 0 aromatic heterocycles. The Morgan fingerprint density at radius 2 is 1.83 bits per heavy atom. The molecular weight excluding hydrogens is 418 g/mol. The number of aryl methyl sites for hydroxylation is 1. The molecule has 30 heavy (non-hydrogen) atoms. The normalized spacial score (nSPS) is 16.1. The summed E-state index contributed by atoms with van der Waals surface area (Å²) in [5, 5.41) is 0. The lowest BCUT2D eigenvalue weighted by Crippen LogP contribution is -2.42. The SMILES string of the molecule is CCOC(=O)C(C)N1C(=O)/C(=C/c2ccc(OCc3ccc(C)cc3)cc2)SC1=S. The summed E-state index contributed by atoms with van der Waals surface area (Å²) in [6, 6.07) is 14.9.